The van der Waals surface area contributed by atoms with Crippen LogP contribution >= 0.6 is 11.3 Å². The zero-order valence-corrected chi connectivity index (χ0v) is 17.0. The third-order valence-electron chi connectivity index (χ3n) is 5.14. The molecule has 1 aromatic heterocycles. The summed E-state index contributed by atoms with van der Waals surface area (Å²) < 4.78 is 0. The van der Waals surface area contributed by atoms with Gasteiger partial charge < -0.3 is 4.90 Å². The molecule has 3 aromatic rings. The number of benzene rings is 2. The van der Waals surface area contributed by atoms with Crippen LogP contribution in [0.5, 0.6) is 0 Å². The Hall–Kier alpha value is -2.50. The van der Waals surface area contributed by atoms with Gasteiger partial charge in [-0.3, -0.25) is 9.69 Å². The van der Waals surface area contributed by atoms with Crippen LogP contribution in [-0.2, 0) is 17.8 Å². The van der Waals surface area contributed by atoms with Crippen LogP contribution < -0.4 is 0 Å². The lowest BCUT2D eigenvalue weighted by molar-refractivity contribution is -0.132. The van der Waals surface area contributed by atoms with Gasteiger partial charge in [-0.25, -0.2) is 4.98 Å². The summed E-state index contributed by atoms with van der Waals surface area (Å²) in [6.07, 6.45) is 0.495. The minimum Gasteiger partial charge on any atom is -0.340 e. The Morgan fingerprint density at radius 2 is 1.82 bits per heavy atom. The first kappa shape index (κ1) is 18.8. The van der Waals surface area contributed by atoms with Gasteiger partial charge in [0, 0.05) is 37.1 Å². The molecule has 5 heteroatoms. The van der Waals surface area contributed by atoms with Crippen molar-refractivity contribution >= 4 is 17.2 Å². The largest absolute Gasteiger partial charge is 0.340 e. The van der Waals surface area contributed by atoms with Crippen LogP contribution in [0, 0.1) is 6.92 Å². The number of aryl methyl sites for hydroxylation is 1. The normalized spacial score (nSPS) is 15.0. The highest BCUT2D eigenvalue weighted by atomic mass is 32.1. The highest BCUT2D eigenvalue weighted by Gasteiger charge is 2.22. The lowest BCUT2D eigenvalue weighted by atomic mass is 10.1. The van der Waals surface area contributed by atoms with Gasteiger partial charge in [0.1, 0.15) is 5.01 Å². The maximum absolute atomic E-state index is 12.6. The topological polar surface area (TPSA) is 36.4 Å². The van der Waals surface area contributed by atoms with Gasteiger partial charge in [0.25, 0.3) is 0 Å². The number of amides is 1. The van der Waals surface area contributed by atoms with Gasteiger partial charge in [0.05, 0.1) is 18.7 Å². The van der Waals surface area contributed by atoms with Gasteiger partial charge in [-0.15, -0.1) is 11.3 Å². The number of thiazole rings is 1. The monoisotopic (exact) mass is 391 g/mol. The van der Waals surface area contributed by atoms with Crippen LogP contribution in [0.15, 0.2) is 60.0 Å². The predicted molar refractivity (Wildman–Crippen MR) is 114 cm³/mol. The molecule has 0 unspecified atom stereocenters. The van der Waals surface area contributed by atoms with Crippen molar-refractivity contribution in [1.82, 2.24) is 14.8 Å². The molecular weight excluding hydrogens is 366 g/mol. The number of carbonyl (C=O) groups excluding carboxylic acids is 1. The molecule has 0 radical (unpaired) electrons. The summed E-state index contributed by atoms with van der Waals surface area (Å²) in [7, 11) is 0. The van der Waals surface area contributed by atoms with Crippen LogP contribution in [0.1, 0.15) is 16.1 Å². The molecule has 1 aliphatic heterocycles. The Morgan fingerprint density at radius 3 is 2.57 bits per heavy atom. The predicted octanol–water partition coefficient (Wildman–Crippen LogP) is 4.01. The van der Waals surface area contributed by atoms with Gasteiger partial charge in [-0.2, -0.15) is 0 Å². The van der Waals surface area contributed by atoms with E-state index in [4.69, 9.17) is 4.98 Å². The Kier molecular flexibility index (Phi) is 5.84. The number of aromatic nitrogens is 1. The zero-order chi connectivity index (χ0) is 19.3. The fourth-order valence-corrected chi connectivity index (χ4v) is 4.42. The van der Waals surface area contributed by atoms with E-state index < -0.39 is 0 Å². The molecule has 0 N–H and O–H groups in total. The number of nitrogens with zero attached hydrogens (tertiary/aromatic N) is 3. The first-order valence-electron chi connectivity index (χ1n) is 9.73. The van der Waals surface area contributed by atoms with E-state index in [9.17, 15) is 4.79 Å². The van der Waals surface area contributed by atoms with Crippen molar-refractivity contribution in [2.24, 2.45) is 0 Å². The standard InChI is InChI=1S/C23H25N3OS/c1-18-6-5-7-19(14-18)15-23(27)26-12-10-25(11-13-26)16-22-24-21(17-28-22)20-8-3-2-4-9-20/h2-9,14,17H,10-13,15-16H2,1H3. The van der Waals surface area contributed by atoms with E-state index in [1.54, 1.807) is 11.3 Å². The van der Waals surface area contributed by atoms with Crippen molar-refractivity contribution in [3.05, 3.63) is 76.1 Å². The summed E-state index contributed by atoms with van der Waals surface area (Å²) in [5.74, 6) is 0.228. The van der Waals surface area contributed by atoms with Crippen molar-refractivity contribution in [2.45, 2.75) is 19.9 Å². The Morgan fingerprint density at radius 1 is 1.04 bits per heavy atom. The number of hydrogen-bond acceptors (Lipinski definition) is 4. The number of rotatable bonds is 5. The molecule has 0 bridgehead atoms. The molecule has 4 rings (SSSR count). The second kappa shape index (κ2) is 8.67. The quantitative estimate of drug-likeness (QED) is 0.659. The summed E-state index contributed by atoms with van der Waals surface area (Å²) in [4.78, 5) is 21.8. The van der Waals surface area contributed by atoms with Crippen LogP contribution in [0.4, 0.5) is 0 Å². The van der Waals surface area contributed by atoms with Gasteiger partial charge in [0.15, 0.2) is 0 Å². The van der Waals surface area contributed by atoms with Crippen molar-refractivity contribution in [1.29, 1.82) is 0 Å². The Bertz CT molecular complexity index is 930. The SMILES string of the molecule is Cc1cccc(CC(=O)N2CCN(Cc3nc(-c4ccccc4)cs3)CC2)c1. The van der Waals surface area contributed by atoms with E-state index in [-0.39, 0.29) is 5.91 Å². The van der Waals surface area contributed by atoms with E-state index in [2.05, 4.69) is 41.5 Å². The molecule has 1 amide bonds. The smallest absolute Gasteiger partial charge is 0.227 e. The highest BCUT2D eigenvalue weighted by Crippen LogP contribution is 2.22. The summed E-state index contributed by atoms with van der Waals surface area (Å²) >= 11 is 1.71. The molecule has 0 aliphatic carbocycles. The zero-order valence-electron chi connectivity index (χ0n) is 16.2. The number of carbonyl (C=O) groups is 1. The van der Waals surface area contributed by atoms with E-state index in [1.807, 2.05) is 35.2 Å². The molecule has 2 heterocycles. The van der Waals surface area contributed by atoms with Crippen LogP contribution in [0.25, 0.3) is 11.3 Å². The minimum absolute atomic E-state index is 0.228. The number of piperazine rings is 1. The molecule has 0 atom stereocenters. The van der Waals surface area contributed by atoms with Crippen molar-refractivity contribution in [2.75, 3.05) is 26.2 Å². The third kappa shape index (κ3) is 4.66. The molecule has 1 aliphatic rings. The summed E-state index contributed by atoms with van der Waals surface area (Å²) in [6, 6.07) is 18.5. The minimum atomic E-state index is 0.228. The van der Waals surface area contributed by atoms with Crippen LogP contribution in [0.3, 0.4) is 0 Å². The summed E-state index contributed by atoms with van der Waals surface area (Å²) in [6.45, 7) is 6.31. The molecule has 1 fully saturated rings. The molecular formula is C23H25N3OS. The van der Waals surface area contributed by atoms with Crippen molar-refractivity contribution in [3.8, 4) is 11.3 Å². The molecule has 144 valence electrons. The van der Waals surface area contributed by atoms with E-state index >= 15 is 0 Å². The van der Waals surface area contributed by atoms with E-state index in [1.165, 1.54) is 5.56 Å². The highest BCUT2D eigenvalue weighted by molar-refractivity contribution is 7.09. The maximum Gasteiger partial charge on any atom is 0.227 e. The first-order chi connectivity index (χ1) is 13.7. The Balaban J connectivity index is 1.28. The first-order valence-corrected chi connectivity index (χ1v) is 10.6. The van der Waals surface area contributed by atoms with E-state index in [0.29, 0.717) is 6.42 Å². The molecule has 1 saturated heterocycles. The van der Waals surface area contributed by atoms with Crippen LogP contribution in [0.2, 0.25) is 0 Å². The van der Waals surface area contributed by atoms with Crippen molar-refractivity contribution < 1.29 is 4.79 Å². The van der Waals surface area contributed by atoms with Crippen LogP contribution in [-0.4, -0.2) is 46.9 Å². The van der Waals surface area contributed by atoms with E-state index in [0.717, 1.165) is 54.6 Å². The second-order valence-electron chi connectivity index (χ2n) is 7.32. The number of hydrogen-bond donors (Lipinski definition) is 0. The lowest BCUT2D eigenvalue weighted by Crippen LogP contribution is -2.48. The lowest BCUT2D eigenvalue weighted by Gasteiger charge is -2.34. The second-order valence-corrected chi connectivity index (χ2v) is 8.26. The van der Waals surface area contributed by atoms with Gasteiger partial charge in [-0.05, 0) is 12.5 Å². The maximum atomic E-state index is 12.6. The van der Waals surface area contributed by atoms with Gasteiger partial charge in [0.2, 0.25) is 5.91 Å². The summed E-state index contributed by atoms with van der Waals surface area (Å²) in [5.41, 5.74) is 4.52. The average molecular weight is 392 g/mol. The average Bonchev–Trinajstić information content (AvgIpc) is 3.18. The molecule has 0 saturated carbocycles. The molecule has 2 aromatic carbocycles. The van der Waals surface area contributed by atoms with Gasteiger partial charge >= 0.3 is 0 Å². The molecule has 4 nitrogen and oxygen atoms in total. The van der Waals surface area contributed by atoms with Gasteiger partial charge in [-0.1, -0.05) is 60.2 Å². The Labute approximate surface area is 170 Å². The van der Waals surface area contributed by atoms with Crippen molar-refractivity contribution in [3.63, 3.8) is 0 Å². The molecule has 28 heavy (non-hydrogen) atoms. The molecule has 0 spiro atoms. The summed E-state index contributed by atoms with van der Waals surface area (Å²) in [5, 5.41) is 3.27. The fourth-order valence-electron chi connectivity index (χ4n) is 3.58. The third-order valence-corrected chi connectivity index (χ3v) is 5.98. The fraction of sp³-hybridized carbons (Fsp3) is 0.304.